The van der Waals surface area contributed by atoms with Crippen LogP contribution in [-0.2, 0) is 16.1 Å². The first-order valence-electron chi connectivity index (χ1n) is 11.4. The minimum absolute atomic E-state index is 0.128. The summed E-state index contributed by atoms with van der Waals surface area (Å²) < 4.78 is 5.25. The van der Waals surface area contributed by atoms with Crippen LogP contribution in [0.3, 0.4) is 0 Å². The van der Waals surface area contributed by atoms with Crippen molar-refractivity contribution in [1.82, 2.24) is 15.8 Å². The molecule has 0 atom stereocenters. The lowest BCUT2D eigenvalue weighted by Crippen LogP contribution is -2.51. The van der Waals surface area contributed by atoms with Gasteiger partial charge in [-0.05, 0) is 42.7 Å². The number of urea groups is 1. The summed E-state index contributed by atoms with van der Waals surface area (Å²) in [4.78, 5) is 40.1. The summed E-state index contributed by atoms with van der Waals surface area (Å²) in [5.74, 6) is 0.0288. The number of hydrogen-bond acceptors (Lipinski definition) is 5. The summed E-state index contributed by atoms with van der Waals surface area (Å²) in [5.41, 5.74) is 3.73. The van der Waals surface area contributed by atoms with Gasteiger partial charge < -0.3 is 15.0 Å². The lowest BCUT2D eigenvalue weighted by molar-refractivity contribution is -0.139. The van der Waals surface area contributed by atoms with Crippen LogP contribution in [-0.4, -0.2) is 42.0 Å². The van der Waals surface area contributed by atoms with Crippen molar-refractivity contribution in [3.8, 4) is 5.75 Å². The van der Waals surface area contributed by atoms with Gasteiger partial charge in [0.15, 0.2) is 0 Å². The molecule has 2 fully saturated rings. The Labute approximate surface area is 193 Å². The molecule has 2 aromatic carbocycles. The van der Waals surface area contributed by atoms with Crippen LogP contribution in [0.4, 0.5) is 10.5 Å². The molecule has 0 bridgehead atoms. The summed E-state index contributed by atoms with van der Waals surface area (Å²) in [7, 11) is 1.62. The molecule has 1 saturated heterocycles. The van der Waals surface area contributed by atoms with Crippen LogP contribution >= 0.6 is 0 Å². The number of nitrogens with zero attached hydrogens (tertiary/aromatic N) is 2. The van der Waals surface area contributed by atoms with Gasteiger partial charge in [0, 0.05) is 25.2 Å². The van der Waals surface area contributed by atoms with Gasteiger partial charge in [-0.3, -0.25) is 15.0 Å². The van der Waals surface area contributed by atoms with Gasteiger partial charge in [-0.15, -0.1) is 0 Å². The summed E-state index contributed by atoms with van der Waals surface area (Å²) in [6, 6.07) is 17.1. The SMILES string of the molecule is COc1ccc(N(CCC(=O)NN2C(=O)NC3(CCCCC3)C2=O)Cc2ccccc2)cc1. The molecule has 8 heteroatoms. The lowest BCUT2D eigenvalue weighted by Gasteiger charge is -2.30. The van der Waals surface area contributed by atoms with Gasteiger partial charge in [-0.25, -0.2) is 4.79 Å². The molecule has 1 heterocycles. The summed E-state index contributed by atoms with van der Waals surface area (Å²) in [6.45, 7) is 1.04. The predicted molar refractivity (Wildman–Crippen MR) is 124 cm³/mol. The van der Waals surface area contributed by atoms with E-state index in [4.69, 9.17) is 4.74 Å². The summed E-state index contributed by atoms with van der Waals surface area (Å²) >= 11 is 0. The van der Waals surface area contributed by atoms with Crippen molar-refractivity contribution < 1.29 is 19.1 Å². The van der Waals surface area contributed by atoms with Crippen LogP contribution < -0.4 is 20.4 Å². The van der Waals surface area contributed by atoms with Crippen LogP contribution in [0, 0.1) is 0 Å². The molecular weight excluding hydrogens is 420 g/mol. The van der Waals surface area contributed by atoms with Crippen LogP contribution in [0.15, 0.2) is 54.6 Å². The van der Waals surface area contributed by atoms with E-state index in [2.05, 4.69) is 15.6 Å². The summed E-state index contributed by atoms with van der Waals surface area (Å²) in [6.07, 6.45) is 4.20. The van der Waals surface area contributed by atoms with Gasteiger partial charge in [0.25, 0.3) is 5.91 Å². The van der Waals surface area contributed by atoms with Gasteiger partial charge in [-0.2, -0.15) is 5.01 Å². The number of carbonyl (C=O) groups is 3. The Hall–Kier alpha value is -3.55. The molecule has 4 amide bonds. The number of nitrogens with one attached hydrogen (secondary N) is 2. The van der Waals surface area contributed by atoms with E-state index in [1.165, 1.54) is 0 Å². The number of imide groups is 1. The van der Waals surface area contributed by atoms with Crippen molar-refractivity contribution in [3.05, 3.63) is 60.2 Å². The molecule has 2 aliphatic rings. The normalized spacial score (nSPS) is 17.1. The molecule has 1 spiro atoms. The zero-order valence-electron chi connectivity index (χ0n) is 18.9. The predicted octanol–water partition coefficient (Wildman–Crippen LogP) is 3.38. The first-order valence-corrected chi connectivity index (χ1v) is 11.4. The maximum Gasteiger partial charge on any atom is 0.344 e. The second kappa shape index (κ2) is 9.94. The maximum absolute atomic E-state index is 12.9. The Morgan fingerprint density at radius 1 is 1.06 bits per heavy atom. The van der Waals surface area contributed by atoms with Crippen LogP contribution in [0.5, 0.6) is 5.75 Å². The van der Waals surface area contributed by atoms with E-state index >= 15 is 0 Å². The third kappa shape index (κ3) is 5.10. The molecule has 0 unspecified atom stereocenters. The van der Waals surface area contributed by atoms with Gasteiger partial charge in [0.1, 0.15) is 11.3 Å². The Bertz CT molecular complexity index is 987. The standard InChI is InChI=1S/C25H30N4O4/c1-33-21-12-10-20(11-13-21)28(18-19-8-4-2-5-9-19)17-14-22(30)27-29-23(31)25(26-24(29)32)15-6-3-7-16-25/h2,4-5,8-13H,3,6-7,14-18H2,1H3,(H,26,32)(H,27,30). The molecule has 8 nitrogen and oxygen atoms in total. The van der Waals surface area contributed by atoms with Crippen molar-refractivity contribution in [2.75, 3.05) is 18.6 Å². The molecule has 0 aromatic heterocycles. The second-order valence-electron chi connectivity index (χ2n) is 8.60. The number of benzene rings is 2. The molecule has 2 aromatic rings. The highest BCUT2D eigenvalue weighted by Crippen LogP contribution is 2.33. The zero-order chi connectivity index (χ0) is 23.3. The third-order valence-corrected chi connectivity index (χ3v) is 6.37. The summed E-state index contributed by atoms with van der Waals surface area (Å²) in [5, 5.41) is 3.67. The molecule has 33 heavy (non-hydrogen) atoms. The highest BCUT2D eigenvalue weighted by atomic mass is 16.5. The number of carbonyl (C=O) groups excluding carboxylic acids is 3. The van der Waals surface area contributed by atoms with E-state index in [1.807, 2.05) is 54.6 Å². The van der Waals surface area contributed by atoms with Crippen LogP contribution in [0.1, 0.15) is 44.1 Å². The Morgan fingerprint density at radius 3 is 2.42 bits per heavy atom. The minimum Gasteiger partial charge on any atom is -0.497 e. The van der Waals surface area contributed by atoms with Gasteiger partial charge >= 0.3 is 6.03 Å². The van der Waals surface area contributed by atoms with E-state index in [9.17, 15) is 14.4 Å². The van der Waals surface area contributed by atoms with E-state index in [0.717, 1.165) is 41.3 Å². The highest BCUT2D eigenvalue weighted by molar-refractivity contribution is 6.08. The van der Waals surface area contributed by atoms with Gasteiger partial charge in [0.2, 0.25) is 5.91 Å². The Morgan fingerprint density at radius 2 is 1.76 bits per heavy atom. The van der Waals surface area contributed by atoms with E-state index < -0.39 is 11.6 Å². The third-order valence-electron chi connectivity index (χ3n) is 6.37. The number of anilines is 1. The average Bonchev–Trinajstić information content (AvgIpc) is 3.06. The van der Waals surface area contributed by atoms with Crippen molar-refractivity contribution in [2.45, 2.75) is 50.6 Å². The fourth-order valence-electron chi connectivity index (χ4n) is 4.53. The Balaban J connectivity index is 1.40. The molecule has 4 rings (SSSR count). The molecule has 0 radical (unpaired) electrons. The number of methoxy groups -OCH3 is 1. The van der Waals surface area contributed by atoms with Crippen molar-refractivity contribution in [3.63, 3.8) is 0 Å². The second-order valence-corrected chi connectivity index (χ2v) is 8.60. The minimum atomic E-state index is -0.856. The quantitative estimate of drug-likeness (QED) is 0.602. The van der Waals surface area contributed by atoms with E-state index in [1.54, 1.807) is 7.11 Å². The lowest BCUT2D eigenvalue weighted by atomic mass is 9.82. The van der Waals surface area contributed by atoms with Crippen molar-refractivity contribution in [2.24, 2.45) is 0 Å². The Kier molecular flexibility index (Phi) is 6.82. The molecular formula is C25H30N4O4. The number of ether oxygens (including phenoxy) is 1. The smallest absolute Gasteiger partial charge is 0.344 e. The fourth-order valence-corrected chi connectivity index (χ4v) is 4.53. The number of hydrogen-bond donors (Lipinski definition) is 2. The first-order chi connectivity index (χ1) is 16.0. The van der Waals surface area contributed by atoms with Crippen molar-refractivity contribution in [1.29, 1.82) is 0 Å². The number of hydrazine groups is 1. The van der Waals surface area contributed by atoms with Crippen LogP contribution in [0.25, 0.3) is 0 Å². The van der Waals surface area contributed by atoms with Gasteiger partial charge in [-0.1, -0.05) is 49.6 Å². The highest BCUT2D eigenvalue weighted by Gasteiger charge is 2.52. The first kappa shape index (κ1) is 22.6. The molecule has 1 aliphatic heterocycles. The van der Waals surface area contributed by atoms with E-state index in [0.29, 0.717) is 25.9 Å². The van der Waals surface area contributed by atoms with Crippen molar-refractivity contribution >= 4 is 23.5 Å². The fraction of sp³-hybridized carbons (Fsp3) is 0.400. The van der Waals surface area contributed by atoms with Gasteiger partial charge in [0.05, 0.1) is 7.11 Å². The molecule has 1 aliphatic carbocycles. The molecule has 2 N–H and O–H groups in total. The van der Waals surface area contributed by atoms with E-state index in [-0.39, 0.29) is 18.2 Å². The number of rotatable bonds is 8. The zero-order valence-corrected chi connectivity index (χ0v) is 18.9. The number of amides is 4. The molecule has 174 valence electrons. The largest absolute Gasteiger partial charge is 0.497 e. The molecule has 1 saturated carbocycles. The average molecular weight is 451 g/mol. The van der Waals surface area contributed by atoms with Crippen LogP contribution in [0.2, 0.25) is 0 Å². The maximum atomic E-state index is 12.9. The topological polar surface area (TPSA) is 91.0 Å². The monoisotopic (exact) mass is 450 g/mol.